The summed E-state index contributed by atoms with van der Waals surface area (Å²) in [6.07, 6.45) is 0.356. The second kappa shape index (κ2) is 17.4. The Bertz CT molecular complexity index is 2410. The molecule has 0 aliphatic carbocycles. The van der Waals surface area contributed by atoms with Crippen LogP contribution in [0.4, 0.5) is 0 Å². The number of halogens is 2. The molecule has 0 bridgehead atoms. The summed E-state index contributed by atoms with van der Waals surface area (Å²) in [7, 11) is 0. The molecular formula is C46H39Cl2N3O8. The lowest BCUT2D eigenvalue weighted by Crippen LogP contribution is -2.57. The van der Waals surface area contributed by atoms with Crippen molar-refractivity contribution in [3.63, 3.8) is 0 Å². The van der Waals surface area contributed by atoms with Gasteiger partial charge in [0.1, 0.15) is 37.2 Å². The first kappa shape index (κ1) is 39.8. The SMILES string of the molecule is N#Cc1ccc(-c2ccc(C[C@H](NC(=O)C3Cc4cc5c(cc4CN3C(=O)C3CCCO3)O[C@@H](c3ccc(OCc4ccc(Cl)c(Cl)c4)cc3)CO5)C(=O)O)cc2)cc1. The maximum atomic E-state index is 14.1. The van der Waals surface area contributed by atoms with Crippen molar-refractivity contribution in [3.05, 3.63) is 147 Å². The first-order valence-electron chi connectivity index (χ1n) is 19.3. The largest absolute Gasteiger partial charge is 0.489 e. The lowest BCUT2D eigenvalue weighted by atomic mass is 9.91. The van der Waals surface area contributed by atoms with E-state index in [9.17, 15) is 19.5 Å². The highest BCUT2D eigenvalue weighted by molar-refractivity contribution is 6.42. The first-order chi connectivity index (χ1) is 28.6. The molecule has 0 radical (unpaired) electrons. The van der Waals surface area contributed by atoms with Gasteiger partial charge in [-0.1, -0.05) is 77.8 Å². The molecule has 300 valence electrons. The van der Waals surface area contributed by atoms with Crippen molar-refractivity contribution in [2.75, 3.05) is 13.2 Å². The molecule has 1 saturated heterocycles. The molecule has 1 fully saturated rings. The second-order valence-electron chi connectivity index (χ2n) is 14.8. The average molecular weight is 833 g/mol. The molecule has 5 aromatic rings. The fraction of sp³-hybridized carbons (Fsp3) is 0.261. The van der Waals surface area contributed by atoms with Crippen molar-refractivity contribution in [2.24, 2.45) is 0 Å². The van der Waals surface area contributed by atoms with E-state index in [0.29, 0.717) is 58.1 Å². The minimum Gasteiger partial charge on any atom is -0.489 e. The normalized spacial score (nSPS) is 18.6. The van der Waals surface area contributed by atoms with E-state index in [1.165, 1.54) is 4.90 Å². The van der Waals surface area contributed by atoms with Gasteiger partial charge in [-0.3, -0.25) is 9.59 Å². The molecule has 59 heavy (non-hydrogen) atoms. The van der Waals surface area contributed by atoms with Crippen LogP contribution in [-0.4, -0.2) is 59.2 Å². The van der Waals surface area contributed by atoms with Gasteiger partial charge in [0, 0.05) is 26.0 Å². The Morgan fingerprint density at radius 2 is 1.59 bits per heavy atom. The summed E-state index contributed by atoms with van der Waals surface area (Å²) in [4.78, 5) is 42.0. The van der Waals surface area contributed by atoms with E-state index in [1.807, 2.05) is 78.9 Å². The van der Waals surface area contributed by atoms with Crippen LogP contribution in [-0.2, 0) is 45.1 Å². The van der Waals surface area contributed by atoms with Gasteiger partial charge in [-0.2, -0.15) is 5.26 Å². The number of nitriles is 1. The average Bonchev–Trinajstić information content (AvgIpc) is 3.81. The number of hydrogen-bond donors (Lipinski definition) is 2. The van der Waals surface area contributed by atoms with Gasteiger partial charge in [0.05, 0.1) is 21.7 Å². The van der Waals surface area contributed by atoms with Crippen LogP contribution in [0.2, 0.25) is 10.0 Å². The quantitative estimate of drug-likeness (QED) is 0.136. The Morgan fingerprint density at radius 1 is 0.881 bits per heavy atom. The first-order valence-corrected chi connectivity index (χ1v) is 20.0. The number of amides is 2. The number of nitrogens with zero attached hydrogens (tertiary/aromatic N) is 2. The zero-order valence-corrected chi connectivity index (χ0v) is 33.2. The number of ether oxygens (including phenoxy) is 4. The number of carboxylic acid groups (broad SMARTS) is 1. The summed E-state index contributed by atoms with van der Waals surface area (Å²) in [5.74, 6) is -0.362. The van der Waals surface area contributed by atoms with Crippen LogP contribution in [0.1, 0.15) is 52.3 Å². The number of carbonyl (C=O) groups excluding carboxylic acids is 2. The molecule has 8 rings (SSSR count). The zero-order valence-electron chi connectivity index (χ0n) is 31.7. The van der Waals surface area contributed by atoms with Crippen molar-refractivity contribution in [3.8, 4) is 34.4 Å². The fourth-order valence-electron chi connectivity index (χ4n) is 7.59. The van der Waals surface area contributed by atoms with Crippen molar-refractivity contribution in [1.29, 1.82) is 5.26 Å². The lowest BCUT2D eigenvalue weighted by molar-refractivity contribution is -0.150. The van der Waals surface area contributed by atoms with Gasteiger partial charge in [0.2, 0.25) is 5.91 Å². The number of hydrogen-bond acceptors (Lipinski definition) is 8. The third-order valence-electron chi connectivity index (χ3n) is 10.8. The molecule has 0 saturated carbocycles. The second-order valence-corrected chi connectivity index (χ2v) is 15.6. The van der Waals surface area contributed by atoms with Crippen molar-refractivity contribution < 1.29 is 38.4 Å². The van der Waals surface area contributed by atoms with Crippen LogP contribution < -0.4 is 19.5 Å². The summed E-state index contributed by atoms with van der Waals surface area (Å²) in [5.41, 5.74) is 6.47. The molecular weight excluding hydrogens is 793 g/mol. The van der Waals surface area contributed by atoms with Crippen LogP contribution >= 0.6 is 23.2 Å². The molecule has 0 spiro atoms. The maximum Gasteiger partial charge on any atom is 0.326 e. The number of fused-ring (bicyclic) bond motifs is 2. The van der Waals surface area contributed by atoms with Crippen molar-refractivity contribution in [1.82, 2.24) is 10.2 Å². The van der Waals surface area contributed by atoms with Gasteiger partial charge in [-0.15, -0.1) is 0 Å². The minimum absolute atomic E-state index is 0.0338. The lowest BCUT2D eigenvalue weighted by Gasteiger charge is -2.38. The third-order valence-corrected chi connectivity index (χ3v) is 11.6. The number of benzene rings is 5. The Balaban J connectivity index is 0.957. The summed E-state index contributed by atoms with van der Waals surface area (Å²) in [5, 5.41) is 23.0. The van der Waals surface area contributed by atoms with E-state index in [1.54, 1.807) is 24.3 Å². The number of nitrogens with one attached hydrogen (secondary N) is 1. The van der Waals surface area contributed by atoms with E-state index in [4.69, 9.17) is 47.4 Å². The molecule has 3 heterocycles. The smallest absolute Gasteiger partial charge is 0.326 e. The zero-order chi connectivity index (χ0) is 41.0. The summed E-state index contributed by atoms with van der Waals surface area (Å²) < 4.78 is 24.3. The Kier molecular flexibility index (Phi) is 11.7. The molecule has 13 heteroatoms. The number of aliphatic carboxylic acids is 1. The van der Waals surface area contributed by atoms with Gasteiger partial charge in [0.15, 0.2) is 17.6 Å². The maximum absolute atomic E-state index is 14.1. The Hall–Kier alpha value is -6.06. The predicted molar refractivity (Wildman–Crippen MR) is 219 cm³/mol. The van der Waals surface area contributed by atoms with Gasteiger partial charge in [-0.25, -0.2) is 4.79 Å². The van der Waals surface area contributed by atoms with E-state index < -0.39 is 36.2 Å². The summed E-state index contributed by atoms with van der Waals surface area (Å²) in [6.45, 7) is 1.13. The molecule has 3 aliphatic rings. The van der Waals surface area contributed by atoms with E-state index in [0.717, 1.165) is 39.8 Å². The van der Waals surface area contributed by atoms with Crippen molar-refractivity contribution in [2.45, 2.75) is 63.1 Å². The standard InChI is InChI=1S/C46H39Cl2N3O8/c47-36-16-7-29(18-37(36)48)25-57-35-14-12-32(13-15-35)43-26-58-41-21-33-20-39(51(24-34(33)22-42(41)59-43)45(53)40-2-1-17-56-40)44(52)50-38(46(54)55)19-27-3-8-30(9-4-27)31-10-5-28(23-49)6-11-31/h3-16,18,21-22,38-40,43H,1-2,17,19-20,24-26H2,(H,50,52)(H,54,55)/t38-,39?,40?,43+/m0/s1. The Morgan fingerprint density at radius 3 is 2.27 bits per heavy atom. The van der Waals surface area contributed by atoms with Crippen LogP contribution in [0, 0.1) is 11.3 Å². The molecule has 11 nitrogen and oxygen atoms in total. The topological polar surface area (TPSA) is 147 Å². The molecule has 5 aromatic carbocycles. The molecule has 4 atom stereocenters. The van der Waals surface area contributed by atoms with Gasteiger partial charge >= 0.3 is 5.97 Å². The number of carboxylic acids is 1. The predicted octanol–water partition coefficient (Wildman–Crippen LogP) is 7.87. The highest BCUT2D eigenvalue weighted by atomic mass is 35.5. The van der Waals surface area contributed by atoms with Gasteiger partial charge in [0.25, 0.3) is 5.91 Å². The van der Waals surface area contributed by atoms with E-state index in [-0.39, 0.29) is 31.9 Å². The Labute approximate surface area is 351 Å². The third kappa shape index (κ3) is 9.00. The molecule has 0 aromatic heterocycles. The van der Waals surface area contributed by atoms with Gasteiger partial charge in [-0.05, 0) is 100 Å². The van der Waals surface area contributed by atoms with E-state index in [2.05, 4.69) is 11.4 Å². The minimum atomic E-state index is -1.25. The number of carbonyl (C=O) groups is 3. The van der Waals surface area contributed by atoms with E-state index >= 15 is 0 Å². The van der Waals surface area contributed by atoms with Crippen molar-refractivity contribution >= 4 is 41.0 Å². The summed E-state index contributed by atoms with van der Waals surface area (Å²) >= 11 is 12.2. The highest BCUT2D eigenvalue weighted by Gasteiger charge is 2.41. The summed E-state index contributed by atoms with van der Waals surface area (Å²) in [6, 6.07) is 31.1. The molecule has 2 N–H and O–H groups in total. The highest BCUT2D eigenvalue weighted by Crippen LogP contribution is 2.41. The van der Waals surface area contributed by atoms with Crippen LogP contribution in [0.3, 0.4) is 0 Å². The monoisotopic (exact) mass is 831 g/mol. The molecule has 3 aliphatic heterocycles. The van der Waals surface area contributed by atoms with Crippen LogP contribution in [0.5, 0.6) is 17.2 Å². The van der Waals surface area contributed by atoms with Crippen LogP contribution in [0.25, 0.3) is 11.1 Å². The number of rotatable bonds is 11. The fourth-order valence-corrected chi connectivity index (χ4v) is 7.91. The van der Waals surface area contributed by atoms with Crippen LogP contribution in [0.15, 0.2) is 103 Å². The van der Waals surface area contributed by atoms with Gasteiger partial charge < -0.3 is 34.3 Å². The molecule has 2 amide bonds. The molecule has 2 unspecified atom stereocenters.